The van der Waals surface area contributed by atoms with E-state index in [9.17, 15) is 8.42 Å². The van der Waals surface area contributed by atoms with E-state index >= 15 is 0 Å². The maximum Gasteiger partial charge on any atom is 0.151 e. The van der Waals surface area contributed by atoms with Crippen molar-refractivity contribution in [3.63, 3.8) is 0 Å². The van der Waals surface area contributed by atoms with Gasteiger partial charge in [-0.3, -0.25) is 0 Å². The first kappa shape index (κ1) is 10.9. The Kier molecular flexibility index (Phi) is 3.82. The fourth-order valence-corrected chi connectivity index (χ4v) is 1.58. The number of anilines is 1. The molecule has 6 heteroatoms. The number of aromatic nitrogens is 2. The molecule has 78 valence electrons. The van der Waals surface area contributed by atoms with Gasteiger partial charge >= 0.3 is 0 Å². The highest BCUT2D eigenvalue weighted by Gasteiger charge is 2.05. The molecule has 0 aliphatic heterocycles. The van der Waals surface area contributed by atoms with E-state index in [1.807, 2.05) is 0 Å². The van der Waals surface area contributed by atoms with Gasteiger partial charge in [0.05, 0.1) is 5.75 Å². The van der Waals surface area contributed by atoms with E-state index in [0.717, 1.165) is 0 Å². The summed E-state index contributed by atoms with van der Waals surface area (Å²) in [5.41, 5.74) is 0. The highest BCUT2D eigenvalue weighted by molar-refractivity contribution is 7.91. The van der Waals surface area contributed by atoms with Gasteiger partial charge in [0, 0.05) is 18.5 Å². The molecule has 1 rings (SSSR count). The lowest BCUT2D eigenvalue weighted by Gasteiger charge is -2.04. The molecule has 14 heavy (non-hydrogen) atoms. The summed E-state index contributed by atoms with van der Waals surface area (Å²) in [6.45, 7) is 2.02. The zero-order valence-corrected chi connectivity index (χ0v) is 8.79. The Morgan fingerprint density at radius 1 is 1.50 bits per heavy atom. The summed E-state index contributed by atoms with van der Waals surface area (Å²) in [7, 11) is -2.90. The summed E-state index contributed by atoms with van der Waals surface area (Å²) in [5.74, 6) is 0.956. The van der Waals surface area contributed by atoms with Crippen LogP contribution in [0.5, 0.6) is 0 Å². The van der Waals surface area contributed by atoms with Gasteiger partial charge in [-0.2, -0.15) is 0 Å². The first-order valence-electron chi connectivity index (χ1n) is 4.34. The number of nitrogens with one attached hydrogen (secondary N) is 1. The minimum atomic E-state index is -2.90. The van der Waals surface area contributed by atoms with Crippen molar-refractivity contribution in [3.8, 4) is 0 Å². The summed E-state index contributed by atoms with van der Waals surface area (Å²) >= 11 is 0. The molecule has 1 N–H and O–H groups in total. The van der Waals surface area contributed by atoms with Crippen LogP contribution in [0, 0.1) is 0 Å². The van der Waals surface area contributed by atoms with Crippen LogP contribution in [0.2, 0.25) is 0 Å². The molecule has 0 radical (unpaired) electrons. The van der Waals surface area contributed by atoms with Gasteiger partial charge in [-0.25, -0.2) is 18.4 Å². The number of sulfone groups is 1. The SMILES string of the molecule is CCS(=O)(=O)CCNc1ccncn1. The second kappa shape index (κ2) is 4.90. The summed E-state index contributed by atoms with van der Waals surface area (Å²) in [6.07, 6.45) is 3.01. The molecule has 0 aliphatic rings. The normalized spacial score (nSPS) is 11.2. The van der Waals surface area contributed by atoms with E-state index in [4.69, 9.17) is 0 Å². The lowest BCUT2D eigenvalue weighted by atomic mass is 10.6. The van der Waals surface area contributed by atoms with Crippen molar-refractivity contribution in [2.45, 2.75) is 6.92 Å². The zero-order chi connectivity index (χ0) is 10.4. The second-order valence-electron chi connectivity index (χ2n) is 2.76. The average Bonchev–Trinajstić information content (AvgIpc) is 2.19. The van der Waals surface area contributed by atoms with Gasteiger partial charge in [-0.15, -0.1) is 0 Å². The van der Waals surface area contributed by atoms with Crippen molar-refractivity contribution < 1.29 is 8.42 Å². The minimum Gasteiger partial charge on any atom is -0.369 e. The van der Waals surface area contributed by atoms with Gasteiger partial charge in [0.15, 0.2) is 9.84 Å². The predicted octanol–water partition coefficient (Wildman–Crippen LogP) is 0.323. The summed E-state index contributed by atoms with van der Waals surface area (Å²) < 4.78 is 22.2. The van der Waals surface area contributed by atoms with E-state index in [0.29, 0.717) is 12.4 Å². The lowest BCUT2D eigenvalue weighted by Crippen LogP contribution is -2.17. The Bertz CT molecular complexity index is 363. The van der Waals surface area contributed by atoms with Crippen LogP contribution in [-0.4, -0.2) is 36.4 Å². The van der Waals surface area contributed by atoms with Crippen molar-refractivity contribution >= 4 is 15.7 Å². The van der Waals surface area contributed by atoms with Crippen LogP contribution in [0.4, 0.5) is 5.82 Å². The van der Waals surface area contributed by atoms with E-state index in [1.54, 1.807) is 19.2 Å². The molecule has 0 aliphatic carbocycles. The Morgan fingerprint density at radius 3 is 2.86 bits per heavy atom. The first-order chi connectivity index (χ1) is 6.64. The standard InChI is InChI=1S/C8H13N3O2S/c1-2-14(12,13)6-5-10-8-3-4-9-7-11-8/h3-4,7H,2,5-6H2,1H3,(H,9,10,11). The monoisotopic (exact) mass is 215 g/mol. The van der Waals surface area contributed by atoms with Crippen LogP contribution < -0.4 is 5.32 Å². The number of nitrogens with zero attached hydrogens (tertiary/aromatic N) is 2. The van der Waals surface area contributed by atoms with Gasteiger partial charge in [0.2, 0.25) is 0 Å². The molecule has 1 heterocycles. The molecule has 0 bridgehead atoms. The number of rotatable bonds is 5. The van der Waals surface area contributed by atoms with Crippen LogP contribution in [-0.2, 0) is 9.84 Å². The molecule has 0 fully saturated rings. The van der Waals surface area contributed by atoms with Crippen LogP contribution in [0.3, 0.4) is 0 Å². The molecule has 0 spiro atoms. The summed E-state index contributed by atoms with van der Waals surface area (Å²) in [6, 6.07) is 1.69. The van der Waals surface area contributed by atoms with Gasteiger partial charge in [0.25, 0.3) is 0 Å². The van der Waals surface area contributed by atoms with E-state index in [2.05, 4.69) is 15.3 Å². The van der Waals surface area contributed by atoms with Gasteiger partial charge < -0.3 is 5.32 Å². The summed E-state index contributed by atoms with van der Waals surface area (Å²) in [4.78, 5) is 7.66. The molecule has 0 atom stereocenters. The third-order valence-electron chi connectivity index (χ3n) is 1.74. The quantitative estimate of drug-likeness (QED) is 0.766. The molecular formula is C8H13N3O2S. The molecule has 0 aromatic carbocycles. The van der Waals surface area contributed by atoms with Crippen molar-refractivity contribution in [1.82, 2.24) is 9.97 Å². The second-order valence-corrected chi connectivity index (χ2v) is 5.23. The van der Waals surface area contributed by atoms with Crippen LogP contribution in [0.1, 0.15) is 6.92 Å². The maximum absolute atomic E-state index is 11.1. The van der Waals surface area contributed by atoms with Gasteiger partial charge in [-0.05, 0) is 6.07 Å². The van der Waals surface area contributed by atoms with E-state index in [-0.39, 0.29) is 11.5 Å². The highest BCUT2D eigenvalue weighted by atomic mass is 32.2. The average molecular weight is 215 g/mol. The largest absolute Gasteiger partial charge is 0.369 e. The molecule has 1 aromatic rings. The van der Waals surface area contributed by atoms with E-state index < -0.39 is 9.84 Å². The molecule has 0 saturated heterocycles. The fraction of sp³-hybridized carbons (Fsp3) is 0.500. The van der Waals surface area contributed by atoms with Crippen molar-refractivity contribution in [2.75, 3.05) is 23.4 Å². The van der Waals surface area contributed by atoms with Crippen molar-refractivity contribution in [1.29, 1.82) is 0 Å². The van der Waals surface area contributed by atoms with Gasteiger partial charge in [0.1, 0.15) is 12.1 Å². The third kappa shape index (κ3) is 3.69. The molecule has 0 amide bonds. The molecular weight excluding hydrogens is 202 g/mol. The Labute approximate surface area is 83.5 Å². The Hall–Kier alpha value is -1.17. The van der Waals surface area contributed by atoms with Crippen LogP contribution in [0.15, 0.2) is 18.6 Å². The zero-order valence-electron chi connectivity index (χ0n) is 7.97. The fourth-order valence-electron chi connectivity index (χ4n) is 0.874. The maximum atomic E-state index is 11.1. The molecule has 0 unspecified atom stereocenters. The topological polar surface area (TPSA) is 72.0 Å². The third-order valence-corrected chi connectivity index (χ3v) is 3.45. The van der Waals surface area contributed by atoms with Crippen LogP contribution >= 0.6 is 0 Å². The molecule has 5 nitrogen and oxygen atoms in total. The van der Waals surface area contributed by atoms with Crippen LogP contribution in [0.25, 0.3) is 0 Å². The summed E-state index contributed by atoms with van der Waals surface area (Å²) in [5, 5.41) is 2.90. The molecule has 1 aromatic heterocycles. The Morgan fingerprint density at radius 2 is 2.29 bits per heavy atom. The number of hydrogen-bond acceptors (Lipinski definition) is 5. The van der Waals surface area contributed by atoms with E-state index in [1.165, 1.54) is 6.33 Å². The highest BCUT2D eigenvalue weighted by Crippen LogP contribution is 1.97. The van der Waals surface area contributed by atoms with Crippen molar-refractivity contribution in [2.24, 2.45) is 0 Å². The smallest absolute Gasteiger partial charge is 0.151 e. The number of hydrogen-bond donors (Lipinski definition) is 1. The predicted molar refractivity (Wildman–Crippen MR) is 54.8 cm³/mol. The minimum absolute atomic E-state index is 0.132. The Balaban J connectivity index is 2.37. The molecule has 0 saturated carbocycles. The first-order valence-corrected chi connectivity index (χ1v) is 6.16. The van der Waals surface area contributed by atoms with Gasteiger partial charge in [-0.1, -0.05) is 6.92 Å². The lowest BCUT2D eigenvalue weighted by molar-refractivity contribution is 0.597. The van der Waals surface area contributed by atoms with Crippen molar-refractivity contribution in [3.05, 3.63) is 18.6 Å².